The van der Waals surface area contributed by atoms with E-state index in [1.165, 1.54) is 14.2 Å². The number of carbonyl (C=O) groups is 2. The molecule has 1 aliphatic heterocycles. The standard InChI is InChI=1S/C20H26N4O4/c1-27-17-7-3-6-16(19(17)28-2)20(26)22-10-14-5-4-8-24(12-14)18(25)9-15-11-21-13-23-15/h3,6-7,11,13-14H,4-5,8-10,12H2,1-2H3,(H,21,23)(H,22,26). The molecular weight excluding hydrogens is 360 g/mol. The summed E-state index contributed by atoms with van der Waals surface area (Å²) in [6, 6.07) is 5.21. The van der Waals surface area contributed by atoms with Gasteiger partial charge in [-0.2, -0.15) is 0 Å². The summed E-state index contributed by atoms with van der Waals surface area (Å²) < 4.78 is 10.6. The van der Waals surface area contributed by atoms with Crippen LogP contribution in [0, 0.1) is 5.92 Å². The van der Waals surface area contributed by atoms with Crippen molar-refractivity contribution in [2.24, 2.45) is 5.92 Å². The molecule has 2 aromatic rings. The first-order chi connectivity index (χ1) is 13.6. The summed E-state index contributed by atoms with van der Waals surface area (Å²) in [7, 11) is 3.05. The molecule has 1 saturated heterocycles. The topological polar surface area (TPSA) is 96.5 Å². The van der Waals surface area contributed by atoms with Crippen LogP contribution in [0.15, 0.2) is 30.7 Å². The number of imidazole rings is 1. The van der Waals surface area contributed by atoms with Gasteiger partial charge < -0.3 is 24.7 Å². The number of hydrogen-bond acceptors (Lipinski definition) is 5. The van der Waals surface area contributed by atoms with Crippen molar-refractivity contribution in [3.63, 3.8) is 0 Å². The summed E-state index contributed by atoms with van der Waals surface area (Å²) in [6.07, 6.45) is 5.46. The number of para-hydroxylation sites is 1. The largest absolute Gasteiger partial charge is 0.493 e. The van der Waals surface area contributed by atoms with Crippen molar-refractivity contribution in [3.8, 4) is 11.5 Å². The number of likely N-dealkylation sites (tertiary alicyclic amines) is 1. The lowest BCUT2D eigenvalue weighted by atomic mass is 9.97. The van der Waals surface area contributed by atoms with Crippen molar-refractivity contribution in [2.75, 3.05) is 33.9 Å². The molecule has 0 bridgehead atoms. The molecule has 1 aliphatic rings. The minimum Gasteiger partial charge on any atom is -0.493 e. The maximum Gasteiger partial charge on any atom is 0.255 e. The van der Waals surface area contributed by atoms with Crippen molar-refractivity contribution < 1.29 is 19.1 Å². The van der Waals surface area contributed by atoms with Crippen LogP contribution in [-0.2, 0) is 11.2 Å². The van der Waals surface area contributed by atoms with Crippen molar-refractivity contribution in [2.45, 2.75) is 19.3 Å². The third-order valence-corrected chi connectivity index (χ3v) is 4.97. The van der Waals surface area contributed by atoms with Crippen LogP contribution in [0.2, 0.25) is 0 Å². The second-order valence-corrected chi connectivity index (χ2v) is 6.85. The Morgan fingerprint density at radius 2 is 2.18 bits per heavy atom. The molecular formula is C20H26N4O4. The first kappa shape index (κ1) is 19.7. The zero-order chi connectivity index (χ0) is 19.9. The Hall–Kier alpha value is -3.03. The van der Waals surface area contributed by atoms with Crippen LogP contribution in [0.4, 0.5) is 0 Å². The first-order valence-corrected chi connectivity index (χ1v) is 9.36. The number of H-pyrrole nitrogens is 1. The summed E-state index contributed by atoms with van der Waals surface area (Å²) in [5.74, 6) is 1.03. The predicted molar refractivity (Wildman–Crippen MR) is 103 cm³/mol. The summed E-state index contributed by atoms with van der Waals surface area (Å²) in [4.78, 5) is 33.9. The molecule has 0 aliphatic carbocycles. The molecule has 1 aromatic carbocycles. The first-order valence-electron chi connectivity index (χ1n) is 9.36. The molecule has 150 valence electrons. The van der Waals surface area contributed by atoms with E-state index in [2.05, 4.69) is 15.3 Å². The van der Waals surface area contributed by atoms with Gasteiger partial charge in [0.15, 0.2) is 11.5 Å². The van der Waals surface area contributed by atoms with Crippen LogP contribution in [0.3, 0.4) is 0 Å². The van der Waals surface area contributed by atoms with Gasteiger partial charge in [0.05, 0.1) is 32.5 Å². The quantitative estimate of drug-likeness (QED) is 0.754. The number of amides is 2. The van der Waals surface area contributed by atoms with Gasteiger partial charge in [-0.15, -0.1) is 0 Å². The number of rotatable bonds is 7. The van der Waals surface area contributed by atoms with Crippen molar-refractivity contribution >= 4 is 11.8 Å². The van der Waals surface area contributed by atoms with E-state index in [0.717, 1.165) is 25.1 Å². The van der Waals surface area contributed by atoms with Gasteiger partial charge >= 0.3 is 0 Å². The van der Waals surface area contributed by atoms with Gasteiger partial charge in [0.2, 0.25) is 5.91 Å². The number of hydrogen-bond donors (Lipinski definition) is 2. The monoisotopic (exact) mass is 386 g/mol. The van der Waals surface area contributed by atoms with E-state index >= 15 is 0 Å². The molecule has 0 radical (unpaired) electrons. The Labute approximate surface area is 164 Å². The van der Waals surface area contributed by atoms with Crippen LogP contribution in [0.5, 0.6) is 11.5 Å². The molecule has 2 N–H and O–H groups in total. The van der Waals surface area contributed by atoms with Crippen LogP contribution >= 0.6 is 0 Å². The normalized spacial score (nSPS) is 16.5. The lowest BCUT2D eigenvalue weighted by Crippen LogP contribution is -2.44. The summed E-state index contributed by atoms with van der Waals surface area (Å²) in [5.41, 5.74) is 1.25. The average molecular weight is 386 g/mol. The van der Waals surface area contributed by atoms with Crippen LogP contribution < -0.4 is 14.8 Å². The fraction of sp³-hybridized carbons (Fsp3) is 0.450. The van der Waals surface area contributed by atoms with Crippen molar-refractivity contribution in [3.05, 3.63) is 42.0 Å². The SMILES string of the molecule is COc1cccc(C(=O)NCC2CCCN(C(=O)Cc3cnc[nH]3)C2)c1OC. The van der Waals surface area contributed by atoms with Gasteiger partial charge in [0.25, 0.3) is 5.91 Å². The molecule has 3 rings (SSSR count). The summed E-state index contributed by atoms with van der Waals surface area (Å²) in [6.45, 7) is 1.90. The van der Waals surface area contributed by atoms with E-state index in [9.17, 15) is 9.59 Å². The van der Waals surface area contributed by atoms with Crippen LogP contribution in [-0.4, -0.2) is 60.5 Å². The molecule has 28 heavy (non-hydrogen) atoms. The van der Waals surface area contributed by atoms with Gasteiger partial charge in [-0.1, -0.05) is 6.07 Å². The van der Waals surface area contributed by atoms with Gasteiger partial charge in [-0.05, 0) is 30.9 Å². The number of benzene rings is 1. The fourth-order valence-corrected chi connectivity index (χ4v) is 3.51. The number of nitrogens with one attached hydrogen (secondary N) is 2. The number of carbonyl (C=O) groups excluding carboxylic acids is 2. The maximum absolute atomic E-state index is 12.6. The molecule has 2 amide bonds. The molecule has 0 spiro atoms. The van der Waals surface area contributed by atoms with E-state index in [4.69, 9.17) is 9.47 Å². The third kappa shape index (κ3) is 4.62. The predicted octanol–water partition coefficient (Wildman–Crippen LogP) is 1.64. The molecule has 8 nitrogen and oxygen atoms in total. The van der Waals surface area contributed by atoms with E-state index in [0.29, 0.717) is 36.6 Å². The molecule has 1 atom stereocenters. The lowest BCUT2D eigenvalue weighted by Gasteiger charge is -2.33. The molecule has 2 heterocycles. The molecule has 0 saturated carbocycles. The third-order valence-electron chi connectivity index (χ3n) is 4.97. The Bertz CT molecular complexity index is 807. The summed E-state index contributed by atoms with van der Waals surface area (Å²) >= 11 is 0. The lowest BCUT2D eigenvalue weighted by molar-refractivity contribution is -0.132. The summed E-state index contributed by atoms with van der Waals surface area (Å²) in [5, 5.41) is 2.97. The number of nitrogens with zero attached hydrogens (tertiary/aromatic N) is 2. The minimum absolute atomic E-state index is 0.0785. The average Bonchev–Trinajstić information content (AvgIpc) is 3.24. The van der Waals surface area contributed by atoms with E-state index in [1.54, 1.807) is 30.7 Å². The highest BCUT2D eigenvalue weighted by Crippen LogP contribution is 2.30. The highest BCUT2D eigenvalue weighted by molar-refractivity contribution is 5.97. The Kier molecular flexibility index (Phi) is 6.52. The minimum atomic E-state index is -0.211. The van der Waals surface area contributed by atoms with Gasteiger partial charge in [0, 0.05) is 31.5 Å². The Morgan fingerprint density at radius 1 is 1.32 bits per heavy atom. The number of ether oxygens (including phenoxy) is 2. The van der Waals surface area contributed by atoms with Gasteiger partial charge in [-0.25, -0.2) is 4.98 Å². The molecule has 1 aromatic heterocycles. The van der Waals surface area contributed by atoms with Crippen molar-refractivity contribution in [1.29, 1.82) is 0 Å². The van der Waals surface area contributed by atoms with Crippen molar-refractivity contribution in [1.82, 2.24) is 20.2 Å². The Morgan fingerprint density at radius 3 is 2.89 bits per heavy atom. The molecule has 8 heteroatoms. The highest BCUT2D eigenvalue weighted by atomic mass is 16.5. The number of aromatic amines is 1. The van der Waals surface area contributed by atoms with E-state index in [-0.39, 0.29) is 17.7 Å². The number of methoxy groups -OCH3 is 2. The second-order valence-electron chi connectivity index (χ2n) is 6.85. The Balaban J connectivity index is 1.55. The van der Waals surface area contributed by atoms with Crippen LogP contribution in [0.25, 0.3) is 0 Å². The fourth-order valence-electron chi connectivity index (χ4n) is 3.51. The highest BCUT2D eigenvalue weighted by Gasteiger charge is 2.25. The zero-order valence-electron chi connectivity index (χ0n) is 16.2. The van der Waals surface area contributed by atoms with Gasteiger partial charge in [0.1, 0.15) is 0 Å². The maximum atomic E-state index is 12.6. The van der Waals surface area contributed by atoms with E-state index < -0.39 is 0 Å². The molecule has 1 fully saturated rings. The zero-order valence-corrected chi connectivity index (χ0v) is 16.2. The number of aromatic nitrogens is 2. The van der Waals surface area contributed by atoms with Gasteiger partial charge in [-0.3, -0.25) is 9.59 Å². The molecule has 1 unspecified atom stereocenters. The number of piperidine rings is 1. The van der Waals surface area contributed by atoms with Crippen LogP contribution in [0.1, 0.15) is 28.9 Å². The van der Waals surface area contributed by atoms with E-state index in [1.807, 2.05) is 4.90 Å². The second kappa shape index (κ2) is 9.25. The smallest absolute Gasteiger partial charge is 0.255 e.